The third kappa shape index (κ3) is 3.74. The fraction of sp³-hybridized carbons (Fsp3) is 0.714. The summed E-state index contributed by atoms with van der Waals surface area (Å²) in [6.45, 7) is 13.0. The third-order valence-corrected chi connectivity index (χ3v) is 6.24. The second-order valence-electron chi connectivity index (χ2n) is 7.47. The lowest BCUT2D eigenvalue weighted by molar-refractivity contribution is 0.0910. The molecule has 2 atom stereocenters. The second-order valence-corrected chi connectivity index (χ2v) is 7.47. The van der Waals surface area contributed by atoms with E-state index in [9.17, 15) is 0 Å². The molecule has 1 aliphatic heterocycles. The van der Waals surface area contributed by atoms with Gasteiger partial charge in [0.15, 0.2) is 0 Å². The van der Waals surface area contributed by atoms with E-state index < -0.39 is 0 Å². The van der Waals surface area contributed by atoms with Crippen molar-refractivity contribution in [3.63, 3.8) is 0 Å². The van der Waals surface area contributed by atoms with Crippen molar-refractivity contribution < 1.29 is 0 Å². The van der Waals surface area contributed by atoms with Gasteiger partial charge in [-0.1, -0.05) is 50.1 Å². The van der Waals surface area contributed by atoms with Crippen molar-refractivity contribution in [1.82, 2.24) is 4.90 Å². The number of hydrogen-bond donors (Lipinski definition) is 0. The van der Waals surface area contributed by atoms with E-state index >= 15 is 0 Å². The lowest BCUT2D eigenvalue weighted by atomic mass is 9.73. The van der Waals surface area contributed by atoms with Crippen LogP contribution in [0.3, 0.4) is 0 Å². The van der Waals surface area contributed by atoms with Crippen LogP contribution in [0.25, 0.3) is 0 Å². The maximum Gasteiger partial charge on any atom is 0.00697 e. The standard InChI is InChI=1S/C21H35N/c1-6-21(7-2,20-13-11-17(3)12-14-20)15-16-22-18(4)9-8-10-19(22)5/h11-14,18-19H,6-10,15-16H2,1-5H3. The molecule has 124 valence electrons. The number of hydrogen-bond acceptors (Lipinski definition) is 1. The summed E-state index contributed by atoms with van der Waals surface area (Å²) in [5, 5.41) is 0. The van der Waals surface area contributed by atoms with Gasteiger partial charge in [0.2, 0.25) is 0 Å². The number of likely N-dealkylation sites (tertiary alicyclic amines) is 1. The fourth-order valence-electron chi connectivity index (χ4n) is 4.32. The van der Waals surface area contributed by atoms with Gasteiger partial charge in [0.25, 0.3) is 0 Å². The Balaban J connectivity index is 2.12. The molecule has 0 amide bonds. The van der Waals surface area contributed by atoms with E-state index in [0.29, 0.717) is 5.41 Å². The molecule has 2 rings (SSSR count). The van der Waals surface area contributed by atoms with Crippen LogP contribution < -0.4 is 0 Å². The largest absolute Gasteiger partial charge is 0.298 e. The highest BCUT2D eigenvalue weighted by atomic mass is 15.2. The Morgan fingerprint density at radius 2 is 1.55 bits per heavy atom. The summed E-state index contributed by atoms with van der Waals surface area (Å²) in [6, 6.07) is 10.8. The van der Waals surface area contributed by atoms with Gasteiger partial charge < -0.3 is 0 Å². The van der Waals surface area contributed by atoms with Crippen molar-refractivity contribution >= 4 is 0 Å². The monoisotopic (exact) mass is 301 g/mol. The van der Waals surface area contributed by atoms with Gasteiger partial charge in [-0.2, -0.15) is 0 Å². The molecule has 1 aromatic carbocycles. The van der Waals surface area contributed by atoms with Crippen LogP contribution in [0.4, 0.5) is 0 Å². The highest BCUT2D eigenvalue weighted by Gasteiger charge is 2.31. The summed E-state index contributed by atoms with van der Waals surface area (Å²) in [7, 11) is 0. The molecule has 0 aliphatic carbocycles. The van der Waals surface area contributed by atoms with Crippen molar-refractivity contribution in [2.24, 2.45) is 0 Å². The quantitative estimate of drug-likeness (QED) is 0.651. The van der Waals surface area contributed by atoms with Gasteiger partial charge in [-0.05, 0) is 70.4 Å². The fourth-order valence-corrected chi connectivity index (χ4v) is 4.32. The van der Waals surface area contributed by atoms with Gasteiger partial charge in [-0.3, -0.25) is 4.90 Å². The Kier molecular flexibility index (Phi) is 6.09. The van der Waals surface area contributed by atoms with Crippen molar-refractivity contribution in [3.05, 3.63) is 35.4 Å². The predicted molar refractivity (Wildman–Crippen MR) is 97.5 cm³/mol. The molecule has 1 fully saturated rings. The van der Waals surface area contributed by atoms with E-state index in [1.165, 1.54) is 50.6 Å². The lowest BCUT2D eigenvalue weighted by Gasteiger charge is -2.42. The van der Waals surface area contributed by atoms with E-state index in [0.717, 1.165) is 12.1 Å². The summed E-state index contributed by atoms with van der Waals surface area (Å²) in [4.78, 5) is 2.76. The van der Waals surface area contributed by atoms with E-state index in [1.54, 1.807) is 5.56 Å². The van der Waals surface area contributed by atoms with Gasteiger partial charge in [0, 0.05) is 12.1 Å². The highest BCUT2D eigenvalue weighted by Crippen LogP contribution is 2.36. The number of rotatable bonds is 6. The minimum atomic E-state index is 0.352. The van der Waals surface area contributed by atoms with Crippen molar-refractivity contribution in [2.45, 2.75) is 90.6 Å². The maximum absolute atomic E-state index is 2.76. The molecule has 1 nitrogen and oxygen atoms in total. The Hall–Kier alpha value is -0.820. The van der Waals surface area contributed by atoms with Crippen LogP contribution in [0.2, 0.25) is 0 Å². The molecule has 0 aromatic heterocycles. The molecule has 0 bridgehead atoms. The van der Waals surface area contributed by atoms with E-state index in [-0.39, 0.29) is 0 Å². The van der Waals surface area contributed by atoms with Crippen LogP contribution in [-0.4, -0.2) is 23.5 Å². The Labute approximate surface area is 138 Å². The summed E-state index contributed by atoms with van der Waals surface area (Å²) in [6.07, 6.45) is 7.92. The minimum Gasteiger partial charge on any atom is -0.298 e. The Bertz CT molecular complexity index is 433. The zero-order valence-electron chi connectivity index (χ0n) is 15.4. The van der Waals surface area contributed by atoms with Gasteiger partial charge in [0.1, 0.15) is 0 Å². The maximum atomic E-state index is 2.76. The summed E-state index contributed by atoms with van der Waals surface area (Å²) in [5.41, 5.74) is 3.26. The first-order chi connectivity index (χ1) is 10.5. The van der Waals surface area contributed by atoms with Crippen LogP contribution in [0.5, 0.6) is 0 Å². The first-order valence-electron chi connectivity index (χ1n) is 9.35. The Morgan fingerprint density at radius 3 is 2.05 bits per heavy atom. The molecule has 0 radical (unpaired) electrons. The number of nitrogens with zero attached hydrogens (tertiary/aromatic N) is 1. The van der Waals surface area contributed by atoms with Gasteiger partial charge in [0.05, 0.1) is 0 Å². The third-order valence-electron chi connectivity index (χ3n) is 6.24. The minimum absolute atomic E-state index is 0.352. The van der Waals surface area contributed by atoms with Crippen molar-refractivity contribution in [2.75, 3.05) is 6.54 Å². The molecule has 0 spiro atoms. The van der Waals surface area contributed by atoms with Crippen LogP contribution in [0.15, 0.2) is 24.3 Å². The number of benzene rings is 1. The normalized spacial score (nSPS) is 23.7. The summed E-state index contributed by atoms with van der Waals surface area (Å²) < 4.78 is 0. The molecule has 0 saturated carbocycles. The van der Waals surface area contributed by atoms with Crippen LogP contribution in [-0.2, 0) is 5.41 Å². The van der Waals surface area contributed by atoms with Crippen LogP contribution in [0.1, 0.15) is 77.3 Å². The lowest BCUT2D eigenvalue weighted by Crippen LogP contribution is -2.45. The zero-order valence-corrected chi connectivity index (χ0v) is 15.4. The molecule has 0 N–H and O–H groups in total. The topological polar surface area (TPSA) is 3.24 Å². The summed E-state index contributed by atoms with van der Waals surface area (Å²) >= 11 is 0. The highest BCUT2D eigenvalue weighted by molar-refractivity contribution is 5.28. The first-order valence-corrected chi connectivity index (χ1v) is 9.35. The van der Waals surface area contributed by atoms with Gasteiger partial charge >= 0.3 is 0 Å². The van der Waals surface area contributed by atoms with Crippen molar-refractivity contribution in [3.8, 4) is 0 Å². The number of piperidine rings is 1. The smallest absolute Gasteiger partial charge is 0.00697 e. The van der Waals surface area contributed by atoms with E-state index in [1.807, 2.05) is 0 Å². The molecule has 2 unspecified atom stereocenters. The number of aryl methyl sites for hydroxylation is 1. The molecule has 1 aliphatic rings. The molecule has 1 heterocycles. The second kappa shape index (κ2) is 7.64. The van der Waals surface area contributed by atoms with Gasteiger partial charge in [-0.15, -0.1) is 0 Å². The van der Waals surface area contributed by atoms with Gasteiger partial charge in [-0.25, -0.2) is 0 Å². The molecular weight excluding hydrogens is 266 g/mol. The summed E-state index contributed by atoms with van der Waals surface area (Å²) in [5.74, 6) is 0. The van der Waals surface area contributed by atoms with Crippen LogP contribution in [0, 0.1) is 6.92 Å². The zero-order chi connectivity index (χ0) is 16.2. The van der Waals surface area contributed by atoms with Crippen LogP contribution >= 0.6 is 0 Å². The van der Waals surface area contributed by atoms with E-state index in [4.69, 9.17) is 0 Å². The van der Waals surface area contributed by atoms with E-state index in [2.05, 4.69) is 63.8 Å². The predicted octanol–water partition coefficient (Wildman–Crippen LogP) is 5.71. The molecular formula is C21H35N. The average Bonchev–Trinajstić information content (AvgIpc) is 2.52. The first kappa shape index (κ1) is 17.5. The molecule has 1 heteroatoms. The molecule has 22 heavy (non-hydrogen) atoms. The molecule has 1 saturated heterocycles. The van der Waals surface area contributed by atoms with Crippen molar-refractivity contribution in [1.29, 1.82) is 0 Å². The molecule has 1 aromatic rings. The SMILES string of the molecule is CCC(CC)(CCN1C(C)CCCC1C)c1ccc(C)cc1. The Morgan fingerprint density at radius 1 is 1.00 bits per heavy atom. The average molecular weight is 302 g/mol.